The van der Waals surface area contributed by atoms with Crippen LogP contribution < -0.4 is 4.72 Å². The van der Waals surface area contributed by atoms with Gasteiger partial charge in [0, 0.05) is 11.1 Å². The van der Waals surface area contributed by atoms with Gasteiger partial charge in [-0.1, -0.05) is 30.3 Å². The van der Waals surface area contributed by atoms with Gasteiger partial charge in [-0.2, -0.15) is 0 Å². The topological polar surface area (TPSA) is 84.8 Å². The van der Waals surface area contributed by atoms with Gasteiger partial charge in [0.25, 0.3) is 10.0 Å². The second-order valence-electron chi connectivity index (χ2n) is 5.45. The summed E-state index contributed by atoms with van der Waals surface area (Å²) in [6.45, 7) is 1.26. The van der Waals surface area contributed by atoms with Crippen LogP contribution in [0.4, 0.5) is 4.39 Å². The molecule has 1 atom stereocenters. The molecule has 0 saturated carbocycles. The number of carbonyl (C=O) groups is 1. The highest BCUT2D eigenvalue weighted by atomic mass is 32.2. The fourth-order valence-corrected chi connectivity index (χ4v) is 3.60. The first-order valence-electron chi connectivity index (χ1n) is 7.48. The summed E-state index contributed by atoms with van der Waals surface area (Å²) >= 11 is 0. The number of hydrogen-bond acceptors (Lipinski definition) is 5. The molecule has 0 fully saturated rings. The van der Waals surface area contributed by atoms with Crippen LogP contribution in [0.2, 0.25) is 0 Å². The zero-order chi connectivity index (χ0) is 18.0. The van der Waals surface area contributed by atoms with E-state index in [1.807, 2.05) is 0 Å². The second kappa shape index (κ2) is 6.64. The lowest BCUT2D eigenvalue weighted by Crippen LogP contribution is -2.26. The molecule has 3 rings (SSSR count). The van der Waals surface area contributed by atoms with Crippen LogP contribution in [0.25, 0.3) is 0 Å². The lowest BCUT2D eigenvalue weighted by atomic mass is 10.2. The van der Waals surface area contributed by atoms with Crippen molar-refractivity contribution in [3.8, 4) is 0 Å². The number of fused-ring (bicyclic) bond motifs is 1. The van der Waals surface area contributed by atoms with E-state index in [0.29, 0.717) is 5.56 Å². The molecule has 0 radical (unpaired) electrons. The molecule has 130 valence electrons. The molecule has 25 heavy (non-hydrogen) atoms. The lowest BCUT2D eigenvalue weighted by molar-refractivity contribution is -0.146. The maximum absolute atomic E-state index is 13.5. The van der Waals surface area contributed by atoms with E-state index in [1.54, 1.807) is 30.3 Å². The molecule has 1 unspecified atom stereocenters. The van der Waals surface area contributed by atoms with E-state index >= 15 is 0 Å². The summed E-state index contributed by atoms with van der Waals surface area (Å²) in [5.41, 5.74) is 0.652. The zero-order valence-corrected chi connectivity index (χ0v) is 14.1. The molecule has 2 aromatic rings. The minimum absolute atomic E-state index is 0.0888. The fraction of sp³-hybridized carbons (Fsp3) is 0.176. The Morgan fingerprint density at radius 2 is 1.88 bits per heavy atom. The Morgan fingerprint density at radius 1 is 1.20 bits per heavy atom. The number of carbonyl (C=O) groups excluding carboxylic acids is 1. The second-order valence-corrected chi connectivity index (χ2v) is 7.11. The first-order valence-corrected chi connectivity index (χ1v) is 8.97. The minimum Gasteiger partial charge on any atom is -0.459 e. The van der Waals surface area contributed by atoms with Gasteiger partial charge < -0.3 is 4.74 Å². The smallest absolute Gasteiger partial charge is 0.330 e. The number of nitrogens with zero attached hydrogens (tertiary/aromatic N) is 1. The molecule has 0 aliphatic carbocycles. The van der Waals surface area contributed by atoms with Gasteiger partial charge in [-0.05, 0) is 25.1 Å². The third-order valence-corrected chi connectivity index (χ3v) is 5.05. The Balaban J connectivity index is 1.74. The number of nitrogens with one attached hydrogen (secondary N) is 1. The van der Waals surface area contributed by atoms with Crippen molar-refractivity contribution in [3.05, 3.63) is 65.5 Å². The van der Waals surface area contributed by atoms with Crippen LogP contribution in [0.5, 0.6) is 0 Å². The van der Waals surface area contributed by atoms with Crippen molar-refractivity contribution in [3.63, 3.8) is 0 Å². The number of sulfonamides is 1. The third kappa shape index (κ3) is 3.53. The molecule has 1 N–H and O–H groups in total. The van der Waals surface area contributed by atoms with Crippen LogP contribution in [0, 0.1) is 5.82 Å². The average molecular weight is 362 g/mol. The molecular weight excluding hydrogens is 347 g/mol. The van der Waals surface area contributed by atoms with Gasteiger partial charge in [0.2, 0.25) is 0 Å². The van der Waals surface area contributed by atoms with E-state index in [4.69, 9.17) is 4.74 Å². The maximum atomic E-state index is 13.5. The highest BCUT2D eigenvalue weighted by Gasteiger charge is 2.31. The predicted octanol–water partition coefficient (Wildman–Crippen LogP) is 2.00. The van der Waals surface area contributed by atoms with E-state index in [2.05, 4.69) is 9.71 Å². The lowest BCUT2D eigenvalue weighted by Gasteiger charge is -2.09. The van der Waals surface area contributed by atoms with Crippen molar-refractivity contribution in [1.29, 1.82) is 0 Å². The Labute approximate surface area is 144 Å². The summed E-state index contributed by atoms with van der Waals surface area (Å²) in [6, 6.07) is 11.4. The van der Waals surface area contributed by atoms with Crippen molar-refractivity contribution >= 4 is 21.8 Å². The Hall–Kier alpha value is -2.74. The SMILES string of the molecule is CC(N=C1NS(=O)(=O)c2ccccc21)C(=O)OCc1ccccc1F. The van der Waals surface area contributed by atoms with Crippen LogP contribution in [0.15, 0.2) is 58.4 Å². The molecule has 0 aromatic heterocycles. The van der Waals surface area contributed by atoms with Gasteiger partial charge >= 0.3 is 5.97 Å². The molecule has 0 bridgehead atoms. The van der Waals surface area contributed by atoms with Crippen LogP contribution in [-0.2, 0) is 26.2 Å². The predicted molar refractivity (Wildman–Crippen MR) is 89.0 cm³/mol. The van der Waals surface area contributed by atoms with Crippen molar-refractivity contribution in [2.75, 3.05) is 0 Å². The number of benzene rings is 2. The number of ether oxygens (including phenoxy) is 1. The van der Waals surface area contributed by atoms with Crippen LogP contribution in [0.3, 0.4) is 0 Å². The number of hydrogen-bond donors (Lipinski definition) is 1. The van der Waals surface area contributed by atoms with E-state index in [-0.39, 0.29) is 22.9 Å². The first-order chi connectivity index (χ1) is 11.9. The van der Waals surface area contributed by atoms with Gasteiger partial charge in [-0.25, -0.2) is 17.6 Å². The molecule has 0 amide bonds. The van der Waals surface area contributed by atoms with Gasteiger partial charge in [-0.3, -0.25) is 9.71 Å². The molecule has 6 nitrogen and oxygen atoms in total. The van der Waals surface area contributed by atoms with Gasteiger partial charge in [0.15, 0.2) is 0 Å². The van der Waals surface area contributed by atoms with Crippen molar-refractivity contribution in [2.24, 2.45) is 4.99 Å². The Morgan fingerprint density at radius 3 is 2.64 bits per heavy atom. The third-order valence-electron chi connectivity index (χ3n) is 3.65. The summed E-state index contributed by atoms with van der Waals surface area (Å²) in [6.07, 6.45) is 0. The summed E-state index contributed by atoms with van der Waals surface area (Å²) in [7, 11) is -3.67. The molecule has 0 spiro atoms. The highest BCUT2D eigenvalue weighted by molar-refractivity contribution is 7.90. The van der Waals surface area contributed by atoms with Crippen LogP contribution in [0.1, 0.15) is 18.1 Å². The summed E-state index contributed by atoms with van der Waals surface area (Å²) in [5.74, 6) is -1.06. The van der Waals surface area contributed by atoms with E-state index in [0.717, 1.165) is 0 Å². The quantitative estimate of drug-likeness (QED) is 0.843. The fourth-order valence-electron chi connectivity index (χ4n) is 2.36. The highest BCUT2D eigenvalue weighted by Crippen LogP contribution is 2.22. The van der Waals surface area contributed by atoms with E-state index in [1.165, 1.54) is 25.1 Å². The van der Waals surface area contributed by atoms with E-state index < -0.39 is 27.9 Å². The average Bonchev–Trinajstić information content (AvgIpc) is 2.85. The molecule has 2 aromatic carbocycles. The Bertz CT molecular complexity index is 957. The molecule has 1 aliphatic rings. The molecule has 1 heterocycles. The first kappa shape index (κ1) is 17.1. The number of amidine groups is 1. The van der Waals surface area contributed by atoms with Gasteiger partial charge in [0.05, 0.1) is 4.90 Å². The summed E-state index contributed by atoms with van der Waals surface area (Å²) < 4.78 is 44.9. The molecule has 0 saturated heterocycles. The van der Waals surface area contributed by atoms with Crippen LogP contribution >= 0.6 is 0 Å². The van der Waals surface area contributed by atoms with Crippen molar-refractivity contribution < 1.29 is 22.3 Å². The molecule has 8 heteroatoms. The van der Waals surface area contributed by atoms with Gasteiger partial charge in [0.1, 0.15) is 24.3 Å². The largest absolute Gasteiger partial charge is 0.459 e. The van der Waals surface area contributed by atoms with Crippen LogP contribution in [-0.4, -0.2) is 26.3 Å². The summed E-state index contributed by atoms with van der Waals surface area (Å²) in [5, 5.41) is 0. The minimum atomic E-state index is -3.67. The monoisotopic (exact) mass is 362 g/mol. The van der Waals surface area contributed by atoms with Gasteiger partial charge in [-0.15, -0.1) is 0 Å². The standard InChI is InChI=1S/C17H15FN2O4S/c1-11(17(21)24-10-12-6-2-4-8-14(12)18)19-16-13-7-3-5-9-15(13)25(22,23)20-16/h2-9,11H,10H2,1H3,(H,19,20). The molecule has 1 aliphatic heterocycles. The maximum Gasteiger partial charge on any atom is 0.330 e. The zero-order valence-electron chi connectivity index (χ0n) is 13.3. The normalized spacial score (nSPS) is 17.6. The number of esters is 1. The molecular formula is C17H15FN2O4S. The van der Waals surface area contributed by atoms with Crippen molar-refractivity contribution in [2.45, 2.75) is 24.5 Å². The van der Waals surface area contributed by atoms with E-state index in [9.17, 15) is 17.6 Å². The summed E-state index contributed by atoms with van der Waals surface area (Å²) in [4.78, 5) is 16.3. The number of halogens is 1. The van der Waals surface area contributed by atoms with Crippen molar-refractivity contribution in [1.82, 2.24) is 4.72 Å². The Kier molecular flexibility index (Phi) is 4.54. The number of aliphatic imine (C=N–C) groups is 1. The number of rotatable bonds is 4.